The van der Waals surface area contributed by atoms with Crippen molar-refractivity contribution >= 4 is 30.1 Å². The van der Waals surface area contributed by atoms with E-state index < -0.39 is 0 Å². The lowest BCUT2D eigenvalue weighted by atomic mass is 9.95. The smallest absolute Gasteiger partial charge is 0.255 e. The van der Waals surface area contributed by atoms with Gasteiger partial charge in [-0.2, -0.15) is 0 Å². The van der Waals surface area contributed by atoms with Crippen molar-refractivity contribution in [2.24, 2.45) is 0 Å². The van der Waals surface area contributed by atoms with Crippen LogP contribution in [0.5, 0.6) is 0 Å². The minimum Gasteiger partial charge on any atom is -0.384 e. The van der Waals surface area contributed by atoms with E-state index in [1.54, 1.807) is 16.8 Å². The highest BCUT2D eigenvalue weighted by atomic mass is 31.1. The molecule has 0 saturated carbocycles. The fraction of sp³-hybridized carbons (Fsp3) is 0.556. The first kappa shape index (κ1) is 28.8. The average molecular weight is 533 g/mol. The Morgan fingerprint density at radius 1 is 1.28 bits per heavy atom. The first-order valence-corrected chi connectivity index (χ1v) is 13.9. The lowest BCUT2D eigenvalue weighted by Crippen LogP contribution is -2.33. The molecule has 1 amide bonds. The van der Waals surface area contributed by atoms with Crippen LogP contribution in [0.2, 0.25) is 0 Å². The summed E-state index contributed by atoms with van der Waals surface area (Å²) in [4.78, 5) is 28.6. The van der Waals surface area contributed by atoms with Gasteiger partial charge in [-0.05, 0) is 77.4 Å². The van der Waals surface area contributed by atoms with E-state index in [2.05, 4.69) is 60.0 Å². The van der Waals surface area contributed by atoms with E-state index in [1.807, 2.05) is 27.1 Å². The number of nitrogens with zero attached hydrogens (tertiary/aromatic N) is 2. The molecule has 2 aromatic rings. The topological polar surface area (TPSA) is 75.6 Å². The maximum Gasteiger partial charge on any atom is 0.255 e. The number of amides is 1. The highest BCUT2D eigenvalue weighted by Crippen LogP contribution is 2.41. The van der Waals surface area contributed by atoms with Crippen LogP contribution in [0.15, 0.2) is 35.3 Å². The molecular weight excluding hydrogens is 490 g/mol. The summed E-state index contributed by atoms with van der Waals surface area (Å²) in [5.41, 5.74) is 4.42. The van der Waals surface area contributed by atoms with Gasteiger partial charge < -0.3 is 24.8 Å². The fourth-order valence-electron chi connectivity index (χ4n) is 4.80. The number of anilines is 1. The molecule has 2 heterocycles. The largest absolute Gasteiger partial charge is 0.384 e. The average Bonchev–Trinajstić information content (AvgIpc) is 2.81. The van der Waals surface area contributed by atoms with Gasteiger partial charge in [0.25, 0.3) is 11.5 Å². The molecular formula is C27H42N4O3P2. The Bertz CT molecular complexity index is 1110. The van der Waals surface area contributed by atoms with Gasteiger partial charge >= 0.3 is 0 Å². The van der Waals surface area contributed by atoms with Crippen LogP contribution in [0.3, 0.4) is 0 Å². The quantitative estimate of drug-likeness (QED) is 0.353. The maximum absolute atomic E-state index is 13.6. The lowest BCUT2D eigenvalue weighted by molar-refractivity contribution is 0.0685. The Labute approximate surface area is 220 Å². The molecule has 1 aliphatic heterocycles. The summed E-state index contributed by atoms with van der Waals surface area (Å²) in [6, 6.07) is 7.64. The van der Waals surface area contributed by atoms with E-state index in [9.17, 15) is 9.59 Å². The molecule has 0 radical (unpaired) electrons. The van der Waals surface area contributed by atoms with E-state index in [-0.39, 0.29) is 28.4 Å². The fourth-order valence-corrected chi connectivity index (χ4v) is 5.43. The second kappa shape index (κ2) is 12.6. The number of carbonyl (C=O) groups is 1. The third-order valence-corrected chi connectivity index (χ3v) is 7.40. The normalized spacial score (nSPS) is 15.7. The van der Waals surface area contributed by atoms with Gasteiger partial charge in [0.15, 0.2) is 0 Å². The molecule has 7 nitrogen and oxygen atoms in total. The van der Waals surface area contributed by atoms with Crippen LogP contribution in [0, 0.1) is 6.92 Å². The molecule has 9 heteroatoms. The molecule has 1 aromatic carbocycles. The zero-order valence-electron chi connectivity index (χ0n) is 22.3. The van der Waals surface area contributed by atoms with E-state index in [4.69, 9.17) is 4.74 Å². The summed E-state index contributed by atoms with van der Waals surface area (Å²) in [6.45, 7) is 9.09. The second-order valence-electron chi connectivity index (χ2n) is 10.3. The van der Waals surface area contributed by atoms with Crippen molar-refractivity contribution in [3.8, 4) is 0 Å². The zero-order valence-corrected chi connectivity index (χ0v) is 24.6. The summed E-state index contributed by atoms with van der Waals surface area (Å²) < 4.78 is 7.19. The van der Waals surface area contributed by atoms with Crippen LogP contribution in [-0.4, -0.2) is 55.8 Å². The van der Waals surface area contributed by atoms with Gasteiger partial charge in [-0.25, -0.2) is 0 Å². The molecule has 1 aliphatic rings. The molecule has 198 valence electrons. The number of carbonyl (C=O) groups excluding carboxylic acids is 1. The number of hydrogen-bond acceptors (Lipinski definition) is 5. The Morgan fingerprint density at radius 3 is 2.61 bits per heavy atom. The molecule has 0 aliphatic carbocycles. The molecule has 36 heavy (non-hydrogen) atoms. The zero-order chi connectivity index (χ0) is 26.5. The van der Waals surface area contributed by atoms with Gasteiger partial charge in [0.1, 0.15) is 0 Å². The van der Waals surface area contributed by atoms with Crippen LogP contribution in [0.1, 0.15) is 72.2 Å². The van der Waals surface area contributed by atoms with Crippen LogP contribution in [-0.2, 0) is 9.63 Å². The highest BCUT2D eigenvalue weighted by molar-refractivity contribution is 7.38. The van der Waals surface area contributed by atoms with Crippen molar-refractivity contribution in [3.63, 3.8) is 0 Å². The van der Waals surface area contributed by atoms with Crippen LogP contribution < -0.4 is 16.2 Å². The number of benzene rings is 1. The molecule has 2 N–H and O–H groups in total. The standard InChI is InChI=1S/C27H42N4O3P2/c1-18-21(8-6-9-23(18)27(3,35)36)19(2)29-26(33)22-17-31(20-10-14-34-15-11-20)25(32)16-24(22)28-12-7-13-30(4)5/h6,8-9,16-17,19-20,28H,7,10-15,35-36H2,1-5H3,(H,29,33)/t19-/m1/s1. The minimum atomic E-state index is -0.195. The number of aromatic nitrogens is 1. The van der Waals surface area contributed by atoms with E-state index >= 15 is 0 Å². The monoisotopic (exact) mass is 532 g/mol. The summed E-state index contributed by atoms with van der Waals surface area (Å²) in [5.74, 6) is -0.192. The summed E-state index contributed by atoms with van der Waals surface area (Å²) in [7, 11) is 9.79. The van der Waals surface area contributed by atoms with Crippen molar-refractivity contribution < 1.29 is 9.53 Å². The van der Waals surface area contributed by atoms with Crippen LogP contribution in [0.4, 0.5) is 5.69 Å². The number of rotatable bonds is 10. The van der Waals surface area contributed by atoms with E-state index in [0.29, 0.717) is 31.0 Å². The van der Waals surface area contributed by atoms with Gasteiger partial charge in [-0.15, -0.1) is 18.5 Å². The molecule has 2 unspecified atom stereocenters. The van der Waals surface area contributed by atoms with E-state index in [1.165, 1.54) is 5.56 Å². The Balaban J connectivity index is 1.89. The number of pyridine rings is 1. The third kappa shape index (κ3) is 7.38. The predicted molar refractivity (Wildman–Crippen MR) is 155 cm³/mol. The lowest BCUT2D eigenvalue weighted by Gasteiger charge is -2.27. The molecule has 1 fully saturated rings. The van der Waals surface area contributed by atoms with Crippen molar-refractivity contribution in [2.75, 3.05) is 45.7 Å². The van der Waals surface area contributed by atoms with Crippen molar-refractivity contribution in [1.29, 1.82) is 0 Å². The summed E-state index contributed by atoms with van der Waals surface area (Å²) >= 11 is 0. The maximum atomic E-state index is 13.6. The Kier molecular flexibility index (Phi) is 10.1. The van der Waals surface area contributed by atoms with E-state index in [0.717, 1.165) is 36.9 Å². The highest BCUT2D eigenvalue weighted by Gasteiger charge is 2.24. The van der Waals surface area contributed by atoms with Crippen molar-refractivity contribution in [2.45, 2.75) is 57.0 Å². The molecule has 0 spiro atoms. The molecule has 0 bridgehead atoms. The Morgan fingerprint density at radius 2 is 1.97 bits per heavy atom. The molecule has 1 aromatic heterocycles. The summed E-state index contributed by atoms with van der Waals surface area (Å²) in [5, 5.41) is 6.53. The third-order valence-electron chi connectivity index (χ3n) is 6.78. The van der Waals surface area contributed by atoms with Crippen LogP contribution in [0.25, 0.3) is 0 Å². The molecule has 3 atom stereocenters. The first-order chi connectivity index (χ1) is 17.0. The predicted octanol–water partition coefficient (Wildman–Crippen LogP) is 4.29. The second-order valence-corrected chi connectivity index (χ2v) is 13.3. The van der Waals surface area contributed by atoms with Crippen molar-refractivity contribution in [3.05, 3.63) is 63.1 Å². The van der Waals surface area contributed by atoms with Gasteiger partial charge in [-0.1, -0.05) is 18.2 Å². The molecule has 1 saturated heterocycles. The SMILES string of the molecule is Cc1c([C@@H](C)NC(=O)c2cn(C3CCOCC3)c(=O)cc2NCCCN(C)C)cccc1C(C)(P)P. The number of hydrogen-bond donors (Lipinski definition) is 2. The number of nitrogens with one attached hydrogen (secondary N) is 2. The first-order valence-electron chi connectivity index (χ1n) is 12.7. The minimum absolute atomic E-state index is 0.0405. The van der Waals surface area contributed by atoms with Gasteiger partial charge in [0.2, 0.25) is 0 Å². The summed E-state index contributed by atoms with van der Waals surface area (Å²) in [6.07, 6.45) is 4.17. The molecule has 3 rings (SSSR count). The van der Waals surface area contributed by atoms with Gasteiger partial charge in [-0.3, -0.25) is 9.59 Å². The van der Waals surface area contributed by atoms with Gasteiger partial charge in [0, 0.05) is 43.0 Å². The van der Waals surface area contributed by atoms with Crippen molar-refractivity contribution in [1.82, 2.24) is 14.8 Å². The Hall–Kier alpha value is -1.78. The van der Waals surface area contributed by atoms with Gasteiger partial charge in [0.05, 0.1) is 17.3 Å². The number of ether oxygens (including phenoxy) is 1. The van der Waals surface area contributed by atoms with Crippen LogP contribution >= 0.6 is 18.5 Å².